The number of aromatic hydroxyl groups is 1. The van der Waals surface area contributed by atoms with Gasteiger partial charge in [0.05, 0.1) is 6.54 Å². The third kappa shape index (κ3) is 8.54. The van der Waals surface area contributed by atoms with Gasteiger partial charge in [-0.2, -0.15) is 0 Å². The van der Waals surface area contributed by atoms with E-state index in [4.69, 9.17) is 0 Å². The van der Waals surface area contributed by atoms with E-state index < -0.39 is 0 Å². The standard InChI is InChI=1S/C33H33FN2O3/c34-29-19-17-28(18-20-29)25-36(30-13-7-14-31(37)23-30)33(39)16-8-15-32(38)35(24-27-11-5-2-6-12-27)22-21-26-9-3-1-4-10-26/h1-7,9-14,17-20,23,37H,8,15-16,21-22,24-25H2. The summed E-state index contributed by atoms with van der Waals surface area (Å²) in [6.45, 7) is 1.33. The van der Waals surface area contributed by atoms with E-state index in [1.165, 1.54) is 23.8 Å². The lowest BCUT2D eigenvalue weighted by atomic mass is 10.1. The highest BCUT2D eigenvalue weighted by Crippen LogP contribution is 2.24. The summed E-state index contributed by atoms with van der Waals surface area (Å²) < 4.78 is 13.4. The first-order valence-corrected chi connectivity index (χ1v) is 13.2. The molecule has 0 heterocycles. The summed E-state index contributed by atoms with van der Waals surface area (Å²) >= 11 is 0. The molecule has 0 aliphatic rings. The molecule has 200 valence electrons. The Kier molecular flexibility index (Phi) is 9.84. The molecule has 4 rings (SSSR count). The molecule has 5 nitrogen and oxygen atoms in total. The number of halogens is 1. The van der Waals surface area contributed by atoms with Crippen LogP contribution in [-0.4, -0.2) is 28.4 Å². The molecule has 0 saturated heterocycles. The van der Waals surface area contributed by atoms with Crippen molar-refractivity contribution >= 4 is 17.5 Å². The van der Waals surface area contributed by atoms with Crippen LogP contribution in [0.2, 0.25) is 0 Å². The normalized spacial score (nSPS) is 10.7. The Hall–Kier alpha value is -4.45. The van der Waals surface area contributed by atoms with Crippen molar-refractivity contribution in [1.82, 2.24) is 4.90 Å². The third-order valence-electron chi connectivity index (χ3n) is 6.56. The van der Waals surface area contributed by atoms with Crippen molar-refractivity contribution < 1.29 is 19.1 Å². The molecule has 4 aromatic rings. The van der Waals surface area contributed by atoms with Gasteiger partial charge in [-0.3, -0.25) is 9.59 Å². The van der Waals surface area contributed by atoms with Crippen LogP contribution >= 0.6 is 0 Å². The first-order valence-electron chi connectivity index (χ1n) is 13.2. The van der Waals surface area contributed by atoms with Crippen LogP contribution in [0.25, 0.3) is 0 Å². The summed E-state index contributed by atoms with van der Waals surface area (Å²) in [6.07, 6.45) is 1.56. The first kappa shape index (κ1) is 27.6. The summed E-state index contributed by atoms with van der Waals surface area (Å²) in [6, 6.07) is 32.4. The number of hydrogen-bond donors (Lipinski definition) is 1. The quantitative estimate of drug-likeness (QED) is 0.230. The van der Waals surface area contributed by atoms with Crippen LogP contribution in [0.3, 0.4) is 0 Å². The molecule has 0 bridgehead atoms. The fourth-order valence-corrected chi connectivity index (χ4v) is 4.45. The average Bonchev–Trinajstić information content (AvgIpc) is 2.96. The minimum Gasteiger partial charge on any atom is -0.508 e. The highest BCUT2D eigenvalue weighted by Gasteiger charge is 2.19. The maximum atomic E-state index is 13.4. The zero-order valence-electron chi connectivity index (χ0n) is 21.9. The van der Waals surface area contributed by atoms with E-state index in [0.717, 1.165) is 17.5 Å². The van der Waals surface area contributed by atoms with E-state index in [-0.39, 0.29) is 42.8 Å². The predicted molar refractivity (Wildman–Crippen MR) is 152 cm³/mol. The molecule has 4 aromatic carbocycles. The molecular formula is C33H33FN2O3. The lowest BCUT2D eigenvalue weighted by molar-refractivity contribution is -0.132. The highest BCUT2D eigenvalue weighted by atomic mass is 19.1. The van der Waals surface area contributed by atoms with Crippen LogP contribution in [0.1, 0.15) is 36.0 Å². The van der Waals surface area contributed by atoms with Gasteiger partial charge in [-0.25, -0.2) is 4.39 Å². The van der Waals surface area contributed by atoms with Crippen molar-refractivity contribution in [2.75, 3.05) is 11.4 Å². The van der Waals surface area contributed by atoms with E-state index in [9.17, 15) is 19.1 Å². The number of carbonyl (C=O) groups excluding carboxylic acids is 2. The van der Waals surface area contributed by atoms with Gasteiger partial charge in [0.25, 0.3) is 0 Å². The second-order valence-corrected chi connectivity index (χ2v) is 9.52. The summed E-state index contributed by atoms with van der Waals surface area (Å²) in [4.78, 5) is 30.0. The minimum absolute atomic E-state index is 0.00465. The number of carbonyl (C=O) groups is 2. The van der Waals surface area contributed by atoms with Gasteiger partial charge in [0.15, 0.2) is 0 Å². The molecule has 0 aliphatic carbocycles. The Balaban J connectivity index is 1.40. The summed E-state index contributed by atoms with van der Waals surface area (Å²) in [5, 5.41) is 9.97. The molecule has 0 unspecified atom stereocenters. The van der Waals surface area contributed by atoms with Gasteiger partial charge >= 0.3 is 0 Å². The van der Waals surface area contributed by atoms with Gasteiger partial charge in [-0.1, -0.05) is 78.9 Å². The summed E-state index contributed by atoms with van der Waals surface area (Å²) in [7, 11) is 0. The molecule has 0 aliphatic heterocycles. The lowest BCUT2D eigenvalue weighted by Gasteiger charge is -2.25. The molecule has 39 heavy (non-hydrogen) atoms. The molecule has 2 amide bonds. The molecule has 0 spiro atoms. The maximum absolute atomic E-state index is 13.4. The Morgan fingerprint density at radius 3 is 1.95 bits per heavy atom. The van der Waals surface area contributed by atoms with E-state index in [0.29, 0.717) is 25.2 Å². The third-order valence-corrected chi connectivity index (χ3v) is 6.56. The summed E-state index contributed by atoms with van der Waals surface area (Å²) in [5.74, 6) is -0.462. The number of phenols is 1. The Morgan fingerprint density at radius 2 is 1.28 bits per heavy atom. The van der Waals surface area contributed by atoms with Crippen LogP contribution in [0.5, 0.6) is 5.75 Å². The molecule has 6 heteroatoms. The molecule has 0 atom stereocenters. The van der Waals surface area contributed by atoms with Gasteiger partial charge in [0, 0.05) is 37.7 Å². The largest absolute Gasteiger partial charge is 0.508 e. The zero-order valence-corrected chi connectivity index (χ0v) is 21.9. The number of amides is 2. The van der Waals surface area contributed by atoms with Crippen molar-refractivity contribution in [3.05, 3.63) is 132 Å². The van der Waals surface area contributed by atoms with Gasteiger partial charge < -0.3 is 14.9 Å². The SMILES string of the molecule is O=C(CCCC(=O)N(Cc1ccc(F)cc1)c1cccc(O)c1)N(CCc1ccccc1)Cc1ccccc1. The van der Waals surface area contributed by atoms with Gasteiger partial charge in [-0.05, 0) is 53.8 Å². The fraction of sp³-hybridized carbons (Fsp3) is 0.212. The maximum Gasteiger partial charge on any atom is 0.227 e. The van der Waals surface area contributed by atoms with Crippen LogP contribution in [0, 0.1) is 5.82 Å². The molecule has 0 fully saturated rings. The van der Waals surface area contributed by atoms with Gasteiger partial charge in [0.1, 0.15) is 11.6 Å². The second-order valence-electron chi connectivity index (χ2n) is 9.52. The molecule has 0 radical (unpaired) electrons. The van der Waals surface area contributed by atoms with Crippen molar-refractivity contribution in [3.63, 3.8) is 0 Å². The smallest absolute Gasteiger partial charge is 0.227 e. The molecule has 0 aromatic heterocycles. The fourth-order valence-electron chi connectivity index (χ4n) is 4.45. The molecule has 1 N–H and O–H groups in total. The Bertz CT molecular complexity index is 1340. The molecule has 0 saturated carbocycles. The topological polar surface area (TPSA) is 60.9 Å². The Labute approximate surface area is 229 Å². The number of hydrogen-bond acceptors (Lipinski definition) is 3. The number of benzene rings is 4. The molecular weight excluding hydrogens is 491 g/mol. The monoisotopic (exact) mass is 524 g/mol. The average molecular weight is 525 g/mol. The second kappa shape index (κ2) is 13.9. The zero-order chi connectivity index (χ0) is 27.5. The van der Waals surface area contributed by atoms with E-state index in [2.05, 4.69) is 12.1 Å². The van der Waals surface area contributed by atoms with Crippen LogP contribution in [0.4, 0.5) is 10.1 Å². The summed E-state index contributed by atoms with van der Waals surface area (Å²) in [5.41, 5.74) is 3.54. The van der Waals surface area contributed by atoms with Crippen molar-refractivity contribution in [2.45, 2.75) is 38.8 Å². The van der Waals surface area contributed by atoms with Crippen LogP contribution in [0.15, 0.2) is 109 Å². The highest BCUT2D eigenvalue weighted by molar-refractivity contribution is 5.93. The predicted octanol–water partition coefficient (Wildman–Crippen LogP) is 6.51. The van der Waals surface area contributed by atoms with Crippen LogP contribution < -0.4 is 4.90 Å². The Morgan fingerprint density at radius 1 is 0.667 bits per heavy atom. The van der Waals surface area contributed by atoms with E-state index in [1.54, 1.807) is 35.2 Å². The van der Waals surface area contributed by atoms with Gasteiger partial charge in [0.2, 0.25) is 11.8 Å². The number of nitrogens with zero attached hydrogens (tertiary/aromatic N) is 2. The van der Waals surface area contributed by atoms with E-state index in [1.807, 2.05) is 53.4 Å². The van der Waals surface area contributed by atoms with Crippen LogP contribution in [-0.2, 0) is 29.1 Å². The van der Waals surface area contributed by atoms with Crippen molar-refractivity contribution in [3.8, 4) is 5.75 Å². The lowest BCUT2D eigenvalue weighted by Crippen LogP contribution is -2.33. The van der Waals surface area contributed by atoms with Gasteiger partial charge in [-0.15, -0.1) is 0 Å². The number of anilines is 1. The number of rotatable bonds is 12. The first-order chi connectivity index (χ1) is 19.0. The number of phenolic OH excluding ortho intramolecular Hbond substituents is 1. The van der Waals surface area contributed by atoms with E-state index >= 15 is 0 Å². The van der Waals surface area contributed by atoms with Crippen molar-refractivity contribution in [2.24, 2.45) is 0 Å². The van der Waals surface area contributed by atoms with Crippen molar-refractivity contribution in [1.29, 1.82) is 0 Å². The minimum atomic E-state index is -0.347.